The molecule has 0 fully saturated rings. The maximum Gasteiger partial charge on any atom is 0.119 e. The summed E-state index contributed by atoms with van der Waals surface area (Å²) in [7, 11) is -1.22. The molecule has 0 aliphatic carbocycles. The van der Waals surface area contributed by atoms with E-state index in [9.17, 15) is 0 Å². The summed E-state index contributed by atoms with van der Waals surface area (Å²) in [4.78, 5) is 0. The monoisotopic (exact) mass is 286 g/mol. The van der Waals surface area contributed by atoms with Crippen LogP contribution in [0.15, 0.2) is 48.5 Å². The van der Waals surface area contributed by atoms with Crippen molar-refractivity contribution < 1.29 is 9.84 Å². The van der Waals surface area contributed by atoms with E-state index >= 15 is 0 Å². The average molecular weight is 286 g/mol. The van der Waals surface area contributed by atoms with Crippen LogP contribution in [0.2, 0.25) is 19.6 Å². The molecule has 106 valence electrons. The van der Waals surface area contributed by atoms with Gasteiger partial charge in [-0.15, -0.1) is 0 Å². The fourth-order valence-electron chi connectivity index (χ4n) is 1.96. The van der Waals surface area contributed by atoms with Gasteiger partial charge in [-0.25, -0.2) is 0 Å². The van der Waals surface area contributed by atoms with Crippen LogP contribution in [0.25, 0.3) is 0 Å². The predicted molar refractivity (Wildman–Crippen MR) is 86.1 cm³/mol. The molecular formula is C17H22O2Si. The van der Waals surface area contributed by atoms with Crippen LogP contribution < -0.4 is 9.92 Å². The summed E-state index contributed by atoms with van der Waals surface area (Å²) >= 11 is 0. The molecule has 0 saturated carbocycles. The van der Waals surface area contributed by atoms with Crippen LogP contribution in [0.3, 0.4) is 0 Å². The lowest BCUT2D eigenvalue weighted by Gasteiger charge is -2.16. The Kier molecular flexibility index (Phi) is 4.63. The first-order chi connectivity index (χ1) is 9.49. The van der Waals surface area contributed by atoms with Gasteiger partial charge in [-0.1, -0.05) is 61.2 Å². The van der Waals surface area contributed by atoms with Crippen molar-refractivity contribution in [1.82, 2.24) is 0 Å². The van der Waals surface area contributed by atoms with E-state index in [0.717, 1.165) is 11.3 Å². The fourth-order valence-corrected chi connectivity index (χ4v) is 3.13. The van der Waals surface area contributed by atoms with Gasteiger partial charge in [-0.2, -0.15) is 0 Å². The number of aliphatic hydroxyl groups excluding tert-OH is 1. The second-order valence-electron chi connectivity index (χ2n) is 6.04. The van der Waals surface area contributed by atoms with Crippen LogP contribution in [0.5, 0.6) is 5.75 Å². The van der Waals surface area contributed by atoms with E-state index in [1.807, 2.05) is 24.3 Å². The minimum Gasteiger partial charge on any atom is -0.489 e. The zero-order chi connectivity index (χ0) is 14.6. The first-order valence-corrected chi connectivity index (χ1v) is 10.4. The zero-order valence-electron chi connectivity index (χ0n) is 12.4. The van der Waals surface area contributed by atoms with E-state index in [1.165, 1.54) is 10.8 Å². The van der Waals surface area contributed by atoms with Crippen molar-refractivity contribution in [3.05, 3.63) is 59.7 Å². The summed E-state index contributed by atoms with van der Waals surface area (Å²) < 4.78 is 5.75. The molecule has 20 heavy (non-hydrogen) atoms. The number of aliphatic hydroxyl groups is 1. The summed E-state index contributed by atoms with van der Waals surface area (Å²) in [6.45, 7) is 7.69. The molecule has 0 spiro atoms. The lowest BCUT2D eigenvalue weighted by Crippen LogP contribution is -2.37. The molecule has 3 heteroatoms. The number of rotatable bonds is 5. The molecule has 2 nitrogen and oxygen atoms in total. The second-order valence-corrected chi connectivity index (χ2v) is 11.1. The average Bonchev–Trinajstić information content (AvgIpc) is 2.45. The van der Waals surface area contributed by atoms with Gasteiger partial charge in [0.2, 0.25) is 0 Å². The highest BCUT2D eigenvalue weighted by atomic mass is 28.3. The first kappa shape index (κ1) is 14.8. The lowest BCUT2D eigenvalue weighted by atomic mass is 10.2. The molecule has 2 aromatic carbocycles. The molecule has 2 rings (SSSR count). The summed E-state index contributed by atoms with van der Waals surface area (Å²) in [6.07, 6.45) is 0. The highest BCUT2D eigenvalue weighted by Gasteiger charge is 2.15. The number of hydrogen-bond donors (Lipinski definition) is 1. The van der Waals surface area contributed by atoms with Crippen LogP contribution in [0.1, 0.15) is 11.1 Å². The first-order valence-electron chi connectivity index (χ1n) is 6.91. The van der Waals surface area contributed by atoms with Gasteiger partial charge < -0.3 is 9.84 Å². The smallest absolute Gasteiger partial charge is 0.119 e. The van der Waals surface area contributed by atoms with Gasteiger partial charge in [0.15, 0.2) is 0 Å². The maximum absolute atomic E-state index is 8.99. The highest BCUT2D eigenvalue weighted by molar-refractivity contribution is 6.88. The van der Waals surface area contributed by atoms with Crippen molar-refractivity contribution in [1.29, 1.82) is 0 Å². The van der Waals surface area contributed by atoms with Crippen LogP contribution in [-0.2, 0) is 13.2 Å². The largest absolute Gasteiger partial charge is 0.489 e. The minimum atomic E-state index is -1.22. The van der Waals surface area contributed by atoms with Crippen LogP contribution in [0.4, 0.5) is 0 Å². The summed E-state index contributed by atoms with van der Waals surface area (Å²) in [5.74, 6) is 0.830. The molecule has 0 unspecified atom stereocenters. The Morgan fingerprint density at radius 3 is 1.90 bits per heavy atom. The fraction of sp³-hybridized carbons (Fsp3) is 0.294. The van der Waals surface area contributed by atoms with Crippen molar-refractivity contribution >= 4 is 13.3 Å². The molecule has 0 aliphatic heterocycles. The van der Waals surface area contributed by atoms with Crippen LogP contribution >= 0.6 is 0 Å². The molecule has 0 radical (unpaired) electrons. The Morgan fingerprint density at radius 1 is 0.850 bits per heavy atom. The molecule has 2 aromatic rings. The number of ether oxygens (including phenoxy) is 1. The van der Waals surface area contributed by atoms with Crippen LogP contribution in [-0.4, -0.2) is 13.2 Å². The Labute approximate surface area is 122 Å². The SMILES string of the molecule is C[Si](C)(C)c1ccc(COc2ccc(CO)cc2)cc1. The van der Waals surface area contributed by atoms with Crippen molar-refractivity contribution in [2.75, 3.05) is 0 Å². The molecule has 0 aromatic heterocycles. The molecule has 0 saturated heterocycles. The molecule has 0 aliphatic rings. The van der Waals surface area contributed by atoms with Crippen LogP contribution in [0, 0.1) is 0 Å². The van der Waals surface area contributed by atoms with Crippen molar-refractivity contribution in [2.24, 2.45) is 0 Å². The third kappa shape index (κ3) is 3.95. The van der Waals surface area contributed by atoms with E-state index in [4.69, 9.17) is 9.84 Å². The van der Waals surface area contributed by atoms with E-state index < -0.39 is 8.07 Å². The third-order valence-electron chi connectivity index (χ3n) is 3.33. The quantitative estimate of drug-likeness (QED) is 0.855. The normalized spacial score (nSPS) is 11.4. The predicted octanol–water partition coefficient (Wildman–Crippen LogP) is 3.30. The van der Waals surface area contributed by atoms with Gasteiger partial charge in [-0.3, -0.25) is 0 Å². The van der Waals surface area contributed by atoms with Crippen molar-refractivity contribution in [2.45, 2.75) is 32.9 Å². The van der Waals surface area contributed by atoms with Gasteiger partial charge in [-0.05, 0) is 23.3 Å². The highest BCUT2D eigenvalue weighted by Crippen LogP contribution is 2.14. The van der Waals surface area contributed by atoms with E-state index in [1.54, 1.807) is 0 Å². The van der Waals surface area contributed by atoms with Crippen molar-refractivity contribution in [3.8, 4) is 5.75 Å². The van der Waals surface area contributed by atoms with Crippen molar-refractivity contribution in [3.63, 3.8) is 0 Å². The second kappa shape index (κ2) is 6.24. The topological polar surface area (TPSA) is 29.5 Å². The number of benzene rings is 2. The Hall–Kier alpha value is -1.58. The van der Waals surface area contributed by atoms with Gasteiger partial charge in [0, 0.05) is 0 Å². The summed E-state index contributed by atoms with van der Waals surface area (Å²) in [5, 5.41) is 10.5. The van der Waals surface area contributed by atoms with Gasteiger partial charge in [0.25, 0.3) is 0 Å². The van der Waals surface area contributed by atoms with E-state index in [-0.39, 0.29) is 6.61 Å². The minimum absolute atomic E-state index is 0.0679. The molecule has 1 N–H and O–H groups in total. The standard InChI is InChI=1S/C17H22O2Si/c1-20(2,3)17-10-6-15(7-11-17)13-19-16-8-4-14(12-18)5-9-16/h4-11,18H,12-13H2,1-3H3. The summed E-state index contributed by atoms with van der Waals surface area (Å²) in [6, 6.07) is 16.3. The molecule has 0 heterocycles. The lowest BCUT2D eigenvalue weighted by molar-refractivity contribution is 0.280. The Morgan fingerprint density at radius 2 is 1.40 bits per heavy atom. The van der Waals surface area contributed by atoms with E-state index in [2.05, 4.69) is 43.9 Å². The van der Waals surface area contributed by atoms with Gasteiger partial charge in [0.05, 0.1) is 14.7 Å². The number of hydrogen-bond acceptors (Lipinski definition) is 2. The van der Waals surface area contributed by atoms with Gasteiger partial charge in [0.1, 0.15) is 12.4 Å². The zero-order valence-corrected chi connectivity index (χ0v) is 13.4. The summed E-state index contributed by atoms with van der Waals surface area (Å²) in [5.41, 5.74) is 2.08. The maximum atomic E-state index is 8.99. The third-order valence-corrected chi connectivity index (χ3v) is 5.40. The van der Waals surface area contributed by atoms with E-state index in [0.29, 0.717) is 6.61 Å². The Balaban J connectivity index is 1.96. The molecule has 0 bridgehead atoms. The Bertz CT molecular complexity index is 539. The van der Waals surface area contributed by atoms with Gasteiger partial charge >= 0.3 is 0 Å². The molecular weight excluding hydrogens is 264 g/mol. The molecule has 0 atom stereocenters. The molecule has 0 amide bonds.